The number of carbonyl (C=O) groups is 1. The van der Waals surface area contributed by atoms with E-state index in [2.05, 4.69) is 5.32 Å². The van der Waals surface area contributed by atoms with Gasteiger partial charge in [0.05, 0.1) is 12.8 Å². The summed E-state index contributed by atoms with van der Waals surface area (Å²) in [4.78, 5) is 10.8. The number of benzene rings is 1. The maximum Gasteiger partial charge on any atom is 0.219 e. The first-order chi connectivity index (χ1) is 7.52. The van der Waals surface area contributed by atoms with Gasteiger partial charge in [-0.25, -0.2) is 0 Å². The number of carbonyl (C=O) groups excluding carboxylic acids is 1. The van der Waals surface area contributed by atoms with Gasteiger partial charge in [0, 0.05) is 12.5 Å². The molecule has 88 valence electrons. The molecule has 3 N–H and O–H groups in total. The minimum Gasteiger partial charge on any atom is -0.495 e. The molecule has 0 aliphatic rings. The second kappa shape index (κ2) is 5.39. The molecule has 1 rings (SSSR count). The number of hydrogen-bond acceptors (Lipinski definition) is 3. The van der Waals surface area contributed by atoms with E-state index in [0.29, 0.717) is 6.42 Å². The summed E-state index contributed by atoms with van der Waals surface area (Å²) >= 11 is 0. The lowest BCUT2D eigenvalue weighted by molar-refractivity contribution is -0.118. The fraction of sp³-hybridized carbons (Fsp3) is 0.417. The SMILES string of the molecule is COc1cc(C)ccc1NC(C)CC(N)=O. The standard InChI is InChI=1S/C12H18N2O2/c1-8-4-5-10(11(6-8)16-3)14-9(2)7-12(13)15/h4-6,9,14H,7H2,1-3H3,(H2,13,15). The Morgan fingerprint density at radius 3 is 2.81 bits per heavy atom. The van der Waals surface area contributed by atoms with Crippen LogP contribution < -0.4 is 15.8 Å². The largest absolute Gasteiger partial charge is 0.495 e. The molecule has 16 heavy (non-hydrogen) atoms. The van der Waals surface area contributed by atoms with Gasteiger partial charge >= 0.3 is 0 Å². The first kappa shape index (κ1) is 12.4. The minimum atomic E-state index is -0.314. The number of methoxy groups -OCH3 is 1. The Kier molecular flexibility index (Phi) is 4.17. The van der Waals surface area contributed by atoms with E-state index in [1.54, 1.807) is 7.11 Å². The lowest BCUT2D eigenvalue weighted by atomic mass is 10.1. The maximum atomic E-state index is 10.8. The van der Waals surface area contributed by atoms with E-state index in [1.807, 2.05) is 32.0 Å². The summed E-state index contributed by atoms with van der Waals surface area (Å²) in [6.45, 7) is 3.91. The quantitative estimate of drug-likeness (QED) is 0.796. The van der Waals surface area contributed by atoms with Crippen LogP contribution in [0.1, 0.15) is 18.9 Å². The van der Waals surface area contributed by atoms with E-state index >= 15 is 0 Å². The molecule has 0 fully saturated rings. The van der Waals surface area contributed by atoms with Crippen molar-refractivity contribution in [3.8, 4) is 5.75 Å². The second-order valence-electron chi connectivity index (χ2n) is 3.92. The fourth-order valence-corrected chi connectivity index (χ4v) is 1.54. The molecule has 0 bridgehead atoms. The second-order valence-corrected chi connectivity index (χ2v) is 3.92. The summed E-state index contributed by atoms with van der Waals surface area (Å²) in [5.41, 5.74) is 7.14. The van der Waals surface area contributed by atoms with Crippen LogP contribution in [0.3, 0.4) is 0 Å². The third kappa shape index (κ3) is 3.46. The predicted octanol–water partition coefficient (Wildman–Crippen LogP) is 1.68. The summed E-state index contributed by atoms with van der Waals surface area (Å²) in [5, 5.41) is 3.19. The fourth-order valence-electron chi connectivity index (χ4n) is 1.54. The van der Waals surface area contributed by atoms with Gasteiger partial charge < -0.3 is 15.8 Å². The summed E-state index contributed by atoms with van der Waals surface area (Å²) in [7, 11) is 1.62. The maximum absolute atomic E-state index is 10.8. The van der Waals surface area contributed by atoms with Crippen LogP contribution in [-0.2, 0) is 4.79 Å². The van der Waals surface area contributed by atoms with Crippen molar-refractivity contribution in [1.82, 2.24) is 0 Å². The molecule has 1 aromatic carbocycles. The Labute approximate surface area is 95.8 Å². The van der Waals surface area contributed by atoms with Gasteiger partial charge in [-0.2, -0.15) is 0 Å². The zero-order valence-electron chi connectivity index (χ0n) is 9.91. The molecule has 0 saturated heterocycles. The van der Waals surface area contributed by atoms with Crippen molar-refractivity contribution in [3.05, 3.63) is 23.8 Å². The van der Waals surface area contributed by atoms with Gasteiger partial charge in [-0.05, 0) is 31.5 Å². The van der Waals surface area contributed by atoms with Crippen molar-refractivity contribution >= 4 is 11.6 Å². The summed E-state index contributed by atoms with van der Waals surface area (Å²) in [5.74, 6) is 0.461. The predicted molar refractivity (Wildman–Crippen MR) is 64.6 cm³/mol. The molecule has 0 aromatic heterocycles. The number of nitrogens with two attached hydrogens (primary N) is 1. The third-order valence-corrected chi connectivity index (χ3v) is 2.27. The van der Waals surface area contributed by atoms with Crippen molar-refractivity contribution < 1.29 is 9.53 Å². The molecule has 0 saturated carbocycles. The molecule has 4 nitrogen and oxygen atoms in total. The van der Waals surface area contributed by atoms with Gasteiger partial charge in [-0.15, -0.1) is 0 Å². The topological polar surface area (TPSA) is 64.3 Å². The van der Waals surface area contributed by atoms with E-state index in [1.165, 1.54) is 0 Å². The zero-order chi connectivity index (χ0) is 12.1. The molecule has 1 aromatic rings. The number of ether oxygens (including phenoxy) is 1. The van der Waals surface area contributed by atoms with Gasteiger partial charge in [-0.3, -0.25) is 4.79 Å². The van der Waals surface area contributed by atoms with E-state index in [0.717, 1.165) is 17.0 Å². The lowest BCUT2D eigenvalue weighted by Gasteiger charge is -2.16. The van der Waals surface area contributed by atoms with Crippen molar-refractivity contribution in [2.45, 2.75) is 26.3 Å². The van der Waals surface area contributed by atoms with Crippen LogP contribution in [0.5, 0.6) is 5.75 Å². The van der Waals surface area contributed by atoms with E-state index in [9.17, 15) is 4.79 Å². The van der Waals surface area contributed by atoms with Crippen LogP contribution >= 0.6 is 0 Å². The van der Waals surface area contributed by atoms with Crippen LogP contribution in [0.25, 0.3) is 0 Å². The lowest BCUT2D eigenvalue weighted by Crippen LogP contribution is -2.24. The molecule has 1 atom stereocenters. The number of rotatable bonds is 5. The first-order valence-corrected chi connectivity index (χ1v) is 5.22. The molecule has 1 amide bonds. The smallest absolute Gasteiger partial charge is 0.219 e. The molecule has 0 aliphatic carbocycles. The summed E-state index contributed by atoms with van der Waals surface area (Å²) < 4.78 is 5.25. The Morgan fingerprint density at radius 1 is 1.56 bits per heavy atom. The Bertz CT molecular complexity index is 377. The molecular formula is C12H18N2O2. The number of anilines is 1. The molecule has 0 aliphatic heterocycles. The zero-order valence-corrected chi connectivity index (χ0v) is 9.91. The highest BCUT2D eigenvalue weighted by molar-refractivity contribution is 5.75. The van der Waals surface area contributed by atoms with Gasteiger partial charge in [0.15, 0.2) is 0 Å². The molecule has 0 spiro atoms. The monoisotopic (exact) mass is 222 g/mol. The van der Waals surface area contributed by atoms with Gasteiger partial charge in [0.1, 0.15) is 5.75 Å². The van der Waals surface area contributed by atoms with Crippen molar-refractivity contribution in [1.29, 1.82) is 0 Å². The van der Waals surface area contributed by atoms with Gasteiger partial charge in [0.25, 0.3) is 0 Å². The highest BCUT2D eigenvalue weighted by atomic mass is 16.5. The minimum absolute atomic E-state index is 0.00546. The number of amides is 1. The number of hydrogen-bond donors (Lipinski definition) is 2. The Hall–Kier alpha value is -1.71. The van der Waals surface area contributed by atoms with Crippen molar-refractivity contribution in [2.24, 2.45) is 5.73 Å². The highest BCUT2D eigenvalue weighted by Gasteiger charge is 2.09. The molecule has 0 heterocycles. The van der Waals surface area contributed by atoms with Crippen molar-refractivity contribution in [2.75, 3.05) is 12.4 Å². The van der Waals surface area contributed by atoms with E-state index < -0.39 is 0 Å². The number of aryl methyl sites for hydroxylation is 1. The van der Waals surface area contributed by atoms with Crippen LogP contribution in [0.2, 0.25) is 0 Å². The van der Waals surface area contributed by atoms with Crippen LogP contribution in [-0.4, -0.2) is 19.1 Å². The number of primary amides is 1. The number of nitrogens with one attached hydrogen (secondary N) is 1. The van der Waals surface area contributed by atoms with Crippen LogP contribution in [0.4, 0.5) is 5.69 Å². The van der Waals surface area contributed by atoms with Crippen LogP contribution in [0, 0.1) is 6.92 Å². The van der Waals surface area contributed by atoms with Crippen molar-refractivity contribution in [3.63, 3.8) is 0 Å². The Balaban J connectivity index is 2.76. The van der Waals surface area contributed by atoms with Crippen LogP contribution in [0.15, 0.2) is 18.2 Å². The van der Waals surface area contributed by atoms with Gasteiger partial charge in [0.2, 0.25) is 5.91 Å². The van der Waals surface area contributed by atoms with Gasteiger partial charge in [-0.1, -0.05) is 6.07 Å². The molecule has 4 heteroatoms. The normalized spacial score (nSPS) is 11.9. The first-order valence-electron chi connectivity index (χ1n) is 5.22. The average Bonchev–Trinajstić information content (AvgIpc) is 2.19. The van der Waals surface area contributed by atoms with E-state index in [-0.39, 0.29) is 11.9 Å². The summed E-state index contributed by atoms with van der Waals surface area (Å²) in [6.07, 6.45) is 0.303. The molecular weight excluding hydrogens is 204 g/mol. The third-order valence-electron chi connectivity index (χ3n) is 2.27. The molecule has 0 radical (unpaired) electrons. The highest BCUT2D eigenvalue weighted by Crippen LogP contribution is 2.26. The molecule has 1 unspecified atom stereocenters. The summed E-state index contributed by atoms with van der Waals surface area (Å²) in [6, 6.07) is 5.86. The Morgan fingerprint density at radius 2 is 2.25 bits per heavy atom. The average molecular weight is 222 g/mol. The van der Waals surface area contributed by atoms with E-state index in [4.69, 9.17) is 10.5 Å².